The van der Waals surface area contributed by atoms with E-state index in [0.717, 1.165) is 6.42 Å². The van der Waals surface area contributed by atoms with E-state index in [1.165, 1.54) is 0 Å². The standard InChI is InChI=1S/C15H13Cl6N/c1-12(2)6-3-5(4-22)7(12)9-8(6)13(18)10(16)11(17)14(9,19)15(13,20)21/h5-9H,3H2,1-2H3. The van der Waals surface area contributed by atoms with Crippen molar-refractivity contribution in [2.75, 3.05) is 0 Å². The fourth-order valence-electron chi connectivity index (χ4n) is 6.01. The molecule has 22 heavy (non-hydrogen) atoms. The molecule has 0 amide bonds. The van der Waals surface area contributed by atoms with Gasteiger partial charge in [-0.15, -0.1) is 23.2 Å². The molecule has 3 fully saturated rings. The van der Waals surface area contributed by atoms with Gasteiger partial charge in [-0.05, 0) is 35.5 Å². The predicted octanol–water partition coefficient (Wildman–Crippen LogP) is 5.88. The Hall–Kier alpha value is 0.970. The van der Waals surface area contributed by atoms with Crippen molar-refractivity contribution in [1.82, 2.24) is 0 Å². The van der Waals surface area contributed by atoms with Gasteiger partial charge in [-0.25, -0.2) is 0 Å². The zero-order valence-electron chi connectivity index (χ0n) is 11.8. The average Bonchev–Trinajstić information content (AvgIpc) is 2.93. The van der Waals surface area contributed by atoms with Crippen molar-refractivity contribution in [2.24, 2.45) is 35.0 Å². The molecule has 4 bridgehead atoms. The van der Waals surface area contributed by atoms with E-state index in [2.05, 4.69) is 19.9 Å². The number of allylic oxidation sites excluding steroid dienone is 2. The van der Waals surface area contributed by atoms with Crippen molar-refractivity contribution in [1.29, 1.82) is 5.26 Å². The van der Waals surface area contributed by atoms with Gasteiger partial charge in [0.1, 0.15) is 9.75 Å². The first kappa shape index (κ1) is 16.4. The molecule has 1 nitrogen and oxygen atoms in total. The number of hydrogen-bond acceptors (Lipinski definition) is 1. The Labute approximate surface area is 159 Å². The van der Waals surface area contributed by atoms with Crippen LogP contribution in [0, 0.1) is 46.3 Å². The van der Waals surface area contributed by atoms with Gasteiger partial charge in [-0.1, -0.05) is 60.3 Å². The van der Waals surface area contributed by atoms with Crippen LogP contribution in [0.4, 0.5) is 0 Å². The Morgan fingerprint density at radius 2 is 1.45 bits per heavy atom. The third-order valence-corrected chi connectivity index (χ3v) is 11.1. The molecular weight excluding hydrogens is 407 g/mol. The molecule has 7 atom stereocenters. The zero-order valence-corrected chi connectivity index (χ0v) is 16.3. The minimum Gasteiger partial charge on any atom is -0.198 e. The molecular formula is C15H13Cl6N. The Balaban J connectivity index is 2.00. The van der Waals surface area contributed by atoms with Crippen LogP contribution in [0.1, 0.15) is 20.3 Å². The lowest BCUT2D eigenvalue weighted by Gasteiger charge is -2.40. The summed E-state index contributed by atoms with van der Waals surface area (Å²) in [6.45, 7) is 4.34. The number of fused-ring (bicyclic) bond motifs is 9. The molecule has 3 saturated carbocycles. The maximum Gasteiger partial charge on any atom is 0.166 e. The molecule has 0 radical (unpaired) electrons. The number of nitrogens with zero attached hydrogens (tertiary/aromatic N) is 1. The van der Waals surface area contributed by atoms with Gasteiger partial charge in [0.2, 0.25) is 0 Å². The lowest BCUT2D eigenvalue weighted by molar-refractivity contribution is 0.181. The van der Waals surface area contributed by atoms with Crippen LogP contribution in [-0.2, 0) is 0 Å². The Morgan fingerprint density at radius 1 is 0.955 bits per heavy atom. The molecule has 0 aliphatic heterocycles. The molecule has 7 heteroatoms. The lowest BCUT2D eigenvalue weighted by atomic mass is 9.69. The Morgan fingerprint density at radius 3 is 1.95 bits per heavy atom. The molecule has 7 unspecified atom stereocenters. The van der Waals surface area contributed by atoms with Crippen molar-refractivity contribution in [3.8, 4) is 6.07 Å². The summed E-state index contributed by atoms with van der Waals surface area (Å²) in [4.78, 5) is -2.41. The first-order valence-corrected chi connectivity index (χ1v) is 9.47. The number of halogens is 6. The second kappa shape index (κ2) is 4.20. The third kappa shape index (κ3) is 1.28. The van der Waals surface area contributed by atoms with Crippen molar-refractivity contribution in [3.05, 3.63) is 10.1 Å². The normalized spacial score (nSPS) is 56.4. The summed E-state index contributed by atoms with van der Waals surface area (Å²) in [6, 6.07) is 2.43. The quantitative estimate of drug-likeness (QED) is 0.355. The summed E-state index contributed by atoms with van der Waals surface area (Å²) < 4.78 is -1.48. The highest BCUT2D eigenvalue weighted by atomic mass is 35.5. The van der Waals surface area contributed by atoms with Crippen molar-refractivity contribution >= 4 is 69.6 Å². The predicted molar refractivity (Wildman–Crippen MR) is 91.8 cm³/mol. The maximum absolute atomic E-state index is 9.54. The summed E-state index contributed by atoms with van der Waals surface area (Å²) in [5.41, 5.74) is -0.0705. The monoisotopic (exact) mass is 417 g/mol. The highest BCUT2D eigenvalue weighted by molar-refractivity contribution is 6.65. The fourth-order valence-corrected chi connectivity index (χ4v) is 9.11. The topological polar surface area (TPSA) is 23.8 Å². The summed E-state index contributed by atoms with van der Waals surface area (Å²) in [6.07, 6.45) is 0.780. The molecule has 120 valence electrons. The molecule has 4 aliphatic carbocycles. The average molecular weight is 420 g/mol. The van der Waals surface area contributed by atoms with E-state index in [1.54, 1.807) is 0 Å². The molecule has 4 aliphatic rings. The molecule has 0 spiro atoms. The van der Waals surface area contributed by atoms with E-state index in [1.807, 2.05) is 0 Å². The van der Waals surface area contributed by atoms with E-state index in [0.29, 0.717) is 0 Å². The molecule has 0 heterocycles. The molecule has 0 aromatic rings. The number of rotatable bonds is 0. The highest BCUT2D eigenvalue weighted by Gasteiger charge is 2.88. The van der Waals surface area contributed by atoms with E-state index in [9.17, 15) is 5.26 Å². The van der Waals surface area contributed by atoms with Crippen molar-refractivity contribution in [3.63, 3.8) is 0 Å². The van der Waals surface area contributed by atoms with Gasteiger partial charge in [0.15, 0.2) is 4.33 Å². The van der Waals surface area contributed by atoms with Crippen LogP contribution in [0.5, 0.6) is 0 Å². The van der Waals surface area contributed by atoms with Crippen LogP contribution >= 0.6 is 69.6 Å². The van der Waals surface area contributed by atoms with Gasteiger partial charge in [0.05, 0.1) is 22.1 Å². The smallest absolute Gasteiger partial charge is 0.166 e. The Bertz CT molecular complexity index is 663. The minimum atomic E-state index is -1.48. The van der Waals surface area contributed by atoms with Crippen LogP contribution < -0.4 is 0 Å². The second-order valence-corrected chi connectivity index (χ2v) is 10.9. The molecule has 0 saturated heterocycles. The summed E-state index contributed by atoms with van der Waals surface area (Å²) in [7, 11) is 0. The molecule has 0 N–H and O–H groups in total. The Kier molecular flexibility index (Phi) is 3.14. The van der Waals surface area contributed by atoms with E-state index < -0.39 is 14.1 Å². The summed E-state index contributed by atoms with van der Waals surface area (Å²) in [5.74, 6) is -0.0399. The number of hydrogen-bond donors (Lipinski definition) is 0. The SMILES string of the molecule is CC1(C)C2CC(C#N)C1C1C2C2(Cl)C(Cl)=C(Cl)C1(Cl)C2(Cl)Cl. The molecule has 0 aromatic carbocycles. The summed E-state index contributed by atoms with van der Waals surface area (Å²) in [5, 5.41) is 10.1. The maximum atomic E-state index is 9.54. The van der Waals surface area contributed by atoms with E-state index >= 15 is 0 Å². The van der Waals surface area contributed by atoms with Gasteiger partial charge >= 0.3 is 0 Å². The van der Waals surface area contributed by atoms with Gasteiger partial charge in [0, 0.05) is 0 Å². The van der Waals surface area contributed by atoms with Gasteiger partial charge in [0.25, 0.3) is 0 Å². The van der Waals surface area contributed by atoms with Gasteiger partial charge in [-0.2, -0.15) is 5.26 Å². The van der Waals surface area contributed by atoms with Gasteiger partial charge in [-0.3, -0.25) is 0 Å². The van der Waals surface area contributed by atoms with Gasteiger partial charge < -0.3 is 0 Å². The minimum absolute atomic E-state index is 0.0565. The van der Waals surface area contributed by atoms with Crippen LogP contribution in [0.3, 0.4) is 0 Å². The number of nitriles is 1. The zero-order chi connectivity index (χ0) is 16.5. The second-order valence-electron chi connectivity index (χ2n) is 7.60. The van der Waals surface area contributed by atoms with E-state index in [4.69, 9.17) is 69.6 Å². The first-order valence-electron chi connectivity index (χ1n) is 7.20. The van der Waals surface area contributed by atoms with Crippen molar-refractivity contribution < 1.29 is 0 Å². The lowest BCUT2D eigenvalue weighted by Crippen LogP contribution is -2.48. The fraction of sp³-hybridized carbons (Fsp3) is 0.800. The first-order chi connectivity index (χ1) is 9.99. The highest BCUT2D eigenvalue weighted by Crippen LogP contribution is 2.85. The third-order valence-electron chi connectivity index (χ3n) is 6.79. The van der Waals surface area contributed by atoms with Crippen LogP contribution in [0.2, 0.25) is 0 Å². The van der Waals surface area contributed by atoms with E-state index in [-0.39, 0.29) is 45.1 Å². The van der Waals surface area contributed by atoms with Crippen molar-refractivity contribution in [2.45, 2.75) is 34.3 Å². The largest absolute Gasteiger partial charge is 0.198 e. The summed E-state index contributed by atoms with van der Waals surface area (Å²) >= 11 is 40.1. The van der Waals surface area contributed by atoms with Crippen LogP contribution in [-0.4, -0.2) is 14.1 Å². The van der Waals surface area contributed by atoms with Crippen LogP contribution in [0.15, 0.2) is 10.1 Å². The number of alkyl halides is 4. The molecule has 4 rings (SSSR count). The molecule has 0 aromatic heterocycles. The van der Waals surface area contributed by atoms with Crippen LogP contribution in [0.25, 0.3) is 0 Å².